The molecule has 180 valence electrons. The summed E-state index contributed by atoms with van der Waals surface area (Å²) in [5.74, 6) is -1.49. The highest BCUT2D eigenvalue weighted by molar-refractivity contribution is 6.31. The molecule has 0 spiro atoms. The first-order valence-electron chi connectivity index (χ1n) is 10.9. The molecule has 35 heavy (non-hydrogen) atoms. The van der Waals surface area contributed by atoms with Gasteiger partial charge in [-0.3, -0.25) is 0 Å². The monoisotopic (exact) mass is 494 g/mol. The van der Waals surface area contributed by atoms with Crippen LogP contribution in [0.2, 0.25) is 5.02 Å². The van der Waals surface area contributed by atoms with E-state index in [4.69, 9.17) is 21.1 Å². The highest BCUT2D eigenvalue weighted by atomic mass is 35.5. The maximum Gasteiger partial charge on any atom is 0.407 e. The molecule has 8 nitrogen and oxygen atoms in total. The van der Waals surface area contributed by atoms with E-state index in [1.165, 1.54) is 0 Å². The van der Waals surface area contributed by atoms with Gasteiger partial charge in [-0.25, -0.2) is 14.4 Å². The summed E-state index contributed by atoms with van der Waals surface area (Å²) in [6, 6.07) is 21.2. The van der Waals surface area contributed by atoms with Crippen molar-refractivity contribution in [2.45, 2.75) is 18.6 Å². The van der Waals surface area contributed by atoms with Crippen LogP contribution in [0.5, 0.6) is 0 Å². The number of carboxylic acids is 1. The number of hydrogen-bond acceptors (Lipinski definition) is 5. The van der Waals surface area contributed by atoms with Crippen LogP contribution in [-0.2, 0) is 20.9 Å². The van der Waals surface area contributed by atoms with Gasteiger partial charge in [-0.05, 0) is 28.3 Å². The number of alkyl carbamates (subject to hydrolysis) is 2. The van der Waals surface area contributed by atoms with E-state index in [1.807, 2.05) is 48.5 Å². The van der Waals surface area contributed by atoms with E-state index in [-0.39, 0.29) is 25.7 Å². The molecule has 3 N–H and O–H groups in total. The van der Waals surface area contributed by atoms with Gasteiger partial charge in [0.05, 0.1) is 6.54 Å². The zero-order valence-corrected chi connectivity index (χ0v) is 19.3. The molecule has 0 saturated carbocycles. The van der Waals surface area contributed by atoms with E-state index in [0.29, 0.717) is 10.6 Å². The lowest BCUT2D eigenvalue weighted by atomic mass is 9.98. The lowest BCUT2D eigenvalue weighted by Crippen LogP contribution is -2.48. The minimum atomic E-state index is -1.40. The van der Waals surface area contributed by atoms with E-state index in [9.17, 15) is 19.5 Å². The van der Waals surface area contributed by atoms with Crippen molar-refractivity contribution >= 4 is 29.8 Å². The maximum atomic E-state index is 12.4. The van der Waals surface area contributed by atoms with Gasteiger partial charge in [-0.15, -0.1) is 0 Å². The van der Waals surface area contributed by atoms with Gasteiger partial charge in [0.1, 0.15) is 19.3 Å². The molecule has 3 aromatic carbocycles. The number of carbonyl (C=O) groups is 3. The predicted molar refractivity (Wildman–Crippen MR) is 129 cm³/mol. The molecule has 2 amide bonds. The summed E-state index contributed by atoms with van der Waals surface area (Å²) in [4.78, 5) is 35.9. The van der Waals surface area contributed by atoms with Crippen LogP contribution in [0.15, 0.2) is 72.8 Å². The molecule has 0 aromatic heterocycles. The topological polar surface area (TPSA) is 114 Å². The van der Waals surface area contributed by atoms with Crippen molar-refractivity contribution in [2.24, 2.45) is 0 Å². The number of carbonyl (C=O) groups excluding carboxylic acids is 2. The Bertz CT molecular complexity index is 1200. The zero-order valence-electron chi connectivity index (χ0n) is 18.6. The molecule has 0 saturated heterocycles. The van der Waals surface area contributed by atoms with Crippen LogP contribution in [0.1, 0.15) is 22.6 Å². The third kappa shape index (κ3) is 5.73. The molecule has 1 aliphatic rings. The summed E-state index contributed by atoms with van der Waals surface area (Å²) in [5, 5.41) is 14.5. The summed E-state index contributed by atoms with van der Waals surface area (Å²) in [6.07, 6.45) is -1.74. The van der Waals surface area contributed by atoms with Crippen LogP contribution < -0.4 is 10.6 Å². The molecule has 0 fully saturated rings. The maximum absolute atomic E-state index is 12.4. The second kappa shape index (κ2) is 10.9. The third-order valence-electron chi connectivity index (χ3n) is 5.70. The van der Waals surface area contributed by atoms with Crippen molar-refractivity contribution in [3.8, 4) is 11.1 Å². The second-order valence-electron chi connectivity index (χ2n) is 7.91. The highest BCUT2D eigenvalue weighted by Crippen LogP contribution is 2.44. The first-order chi connectivity index (χ1) is 16.9. The van der Waals surface area contributed by atoms with Crippen molar-refractivity contribution in [1.29, 1.82) is 0 Å². The first kappa shape index (κ1) is 24.1. The minimum Gasteiger partial charge on any atom is -0.480 e. The molecule has 3 aromatic rings. The van der Waals surface area contributed by atoms with Gasteiger partial charge < -0.3 is 25.2 Å². The second-order valence-corrected chi connectivity index (χ2v) is 8.32. The Morgan fingerprint density at radius 3 is 2.09 bits per heavy atom. The van der Waals surface area contributed by atoms with Gasteiger partial charge >= 0.3 is 18.2 Å². The number of carboxylic acid groups (broad SMARTS) is 1. The minimum absolute atomic E-state index is 0.0412. The molecule has 1 atom stereocenters. The SMILES string of the molecule is O=C(NC[C@@H](NC(=O)OCC1c2ccccc2-c2ccccc21)C(=O)O)OCc1ccccc1Cl. The third-order valence-corrected chi connectivity index (χ3v) is 6.07. The van der Waals surface area contributed by atoms with Crippen molar-refractivity contribution < 1.29 is 29.0 Å². The van der Waals surface area contributed by atoms with Crippen LogP contribution in [0, 0.1) is 0 Å². The summed E-state index contributed by atoms with van der Waals surface area (Å²) < 4.78 is 10.4. The van der Waals surface area contributed by atoms with Gasteiger partial charge in [0.2, 0.25) is 0 Å². The molecular weight excluding hydrogens is 472 g/mol. The van der Waals surface area contributed by atoms with E-state index >= 15 is 0 Å². The molecule has 9 heteroatoms. The van der Waals surface area contributed by atoms with E-state index in [2.05, 4.69) is 10.6 Å². The molecule has 1 aliphatic carbocycles. The molecule has 0 heterocycles. The van der Waals surface area contributed by atoms with Gasteiger partial charge in [0.15, 0.2) is 0 Å². The van der Waals surface area contributed by atoms with E-state index in [0.717, 1.165) is 22.3 Å². The van der Waals surface area contributed by atoms with Crippen LogP contribution in [0.4, 0.5) is 9.59 Å². The number of ether oxygens (including phenoxy) is 2. The Balaban J connectivity index is 1.29. The number of nitrogens with one attached hydrogen (secondary N) is 2. The Morgan fingerprint density at radius 2 is 1.46 bits per heavy atom. The van der Waals surface area contributed by atoms with Gasteiger partial charge in [-0.2, -0.15) is 0 Å². The van der Waals surface area contributed by atoms with Crippen LogP contribution >= 0.6 is 11.6 Å². The average molecular weight is 495 g/mol. The number of hydrogen-bond donors (Lipinski definition) is 3. The summed E-state index contributed by atoms with van der Waals surface area (Å²) in [7, 11) is 0. The van der Waals surface area contributed by atoms with Crippen molar-refractivity contribution in [3.05, 3.63) is 94.5 Å². The van der Waals surface area contributed by atoms with Crippen molar-refractivity contribution in [2.75, 3.05) is 13.2 Å². The van der Waals surface area contributed by atoms with Gasteiger partial charge in [0.25, 0.3) is 0 Å². The number of rotatable bonds is 8. The molecular formula is C26H23ClN2O6. The zero-order chi connectivity index (χ0) is 24.8. The Hall–Kier alpha value is -4.04. The smallest absolute Gasteiger partial charge is 0.407 e. The standard InChI is InChI=1S/C26H23ClN2O6/c27-22-12-6-1-7-16(22)14-34-25(32)28-13-23(24(30)31)29-26(33)35-15-21-19-10-4-2-8-17(19)18-9-3-5-11-20(18)21/h1-12,21,23H,13-15H2,(H,28,32)(H,29,33)(H,30,31)/t23-/m1/s1. The molecule has 0 bridgehead atoms. The lowest BCUT2D eigenvalue weighted by Gasteiger charge is -2.18. The molecule has 4 rings (SSSR count). The molecule has 0 unspecified atom stereocenters. The molecule has 0 radical (unpaired) electrons. The number of fused-ring (bicyclic) bond motifs is 3. The van der Waals surface area contributed by atoms with Crippen molar-refractivity contribution in [3.63, 3.8) is 0 Å². The molecule has 0 aliphatic heterocycles. The summed E-state index contributed by atoms with van der Waals surface area (Å²) >= 11 is 6.02. The lowest BCUT2D eigenvalue weighted by molar-refractivity contribution is -0.139. The van der Waals surface area contributed by atoms with Gasteiger partial charge in [0, 0.05) is 16.5 Å². The quantitative estimate of drug-likeness (QED) is 0.423. The highest BCUT2D eigenvalue weighted by Gasteiger charge is 2.29. The Morgan fingerprint density at radius 1 is 0.857 bits per heavy atom. The fraction of sp³-hybridized carbons (Fsp3) is 0.192. The Labute approximate surface area is 206 Å². The Kier molecular flexibility index (Phi) is 7.52. The number of amides is 2. The first-order valence-corrected chi connectivity index (χ1v) is 11.3. The fourth-order valence-electron chi connectivity index (χ4n) is 3.98. The average Bonchev–Trinajstić information content (AvgIpc) is 3.18. The summed E-state index contributed by atoms with van der Waals surface area (Å²) in [5.41, 5.74) is 4.86. The fourth-order valence-corrected chi connectivity index (χ4v) is 4.17. The van der Waals surface area contributed by atoms with Crippen LogP contribution in [-0.4, -0.2) is 42.5 Å². The summed E-state index contributed by atoms with van der Waals surface area (Å²) in [6.45, 7) is -0.427. The number of halogens is 1. The number of benzene rings is 3. The van der Waals surface area contributed by atoms with Gasteiger partial charge in [-0.1, -0.05) is 78.3 Å². The normalized spacial score (nSPS) is 12.7. The number of aliphatic carboxylic acids is 1. The van der Waals surface area contributed by atoms with Crippen molar-refractivity contribution in [1.82, 2.24) is 10.6 Å². The van der Waals surface area contributed by atoms with Crippen LogP contribution in [0.25, 0.3) is 11.1 Å². The largest absolute Gasteiger partial charge is 0.480 e. The van der Waals surface area contributed by atoms with Crippen LogP contribution in [0.3, 0.4) is 0 Å². The predicted octanol–water partition coefficient (Wildman–Crippen LogP) is 4.56. The van der Waals surface area contributed by atoms with E-state index in [1.54, 1.807) is 24.3 Å². The van der Waals surface area contributed by atoms with E-state index < -0.39 is 24.2 Å².